The van der Waals surface area contributed by atoms with E-state index in [4.69, 9.17) is 10.5 Å². The molecule has 1 heterocycles. The lowest BCUT2D eigenvalue weighted by Crippen LogP contribution is -2.38. The van der Waals surface area contributed by atoms with Crippen LogP contribution in [0.25, 0.3) is 10.9 Å². The van der Waals surface area contributed by atoms with E-state index in [0.717, 1.165) is 22.4 Å². The number of carbonyl (C=O) groups is 1. The molecule has 2 aromatic carbocycles. The predicted octanol–water partition coefficient (Wildman–Crippen LogP) is 2.71. The van der Waals surface area contributed by atoms with Crippen LogP contribution in [0.1, 0.15) is 18.1 Å². The van der Waals surface area contributed by atoms with Crippen molar-refractivity contribution in [1.29, 1.82) is 0 Å². The molecule has 0 aliphatic heterocycles. The van der Waals surface area contributed by atoms with Crippen molar-refractivity contribution in [2.45, 2.75) is 26.1 Å². The molecule has 0 bridgehead atoms. The molecule has 1 amide bonds. The van der Waals surface area contributed by atoms with Gasteiger partial charge in [-0.25, -0.2) is 0 Å². The fourth-order valence-corrected chi connectivity index (χ4v) is 2.48. The minimum Gasteiger partial charge on any atom is -0.489 e. The van der Waals surface area contributed by atoms with Gasteiger partial charge in [0.25, 0.3) is 0 Å². The summed E-state index contributed by atoms with van der Waals surface area (Å²) >= 11 is 0. The Morgan fingerprint density at radius 2 is 2.04 bits per heavy atom. The standard InChI is InChI=1S/C19H21N3O2/c1-13(19(20)23)22-11-14-3-2-4-15(9-14)12-24-17-6-5-16-7-8-21-18(16)10-17/h2-10,13,21-22H,11-12H2,1H3,(H2,20,23)/t13-/m0/s1. The third-order valence-corrected chi connectivity index (χ3v) is 3.96. The Morgan fingerprint density at radius 3 is 2.88 bits per heavy atom. The number of aromatic nitrogens is 1. The summed E-state index contributed by atoms with van der Waals surface area (Å²) in [5, 5.41) is 4.26. The van der Waals surface area contributed by atoms with Gasteiger partial charge in [-0.15, -0.1) is 0 Å². The van der Waals surface area contributed by atoms with E-state index in [-0.39, 0.29) is 11.9 Å². The van der Waals surface area contributed by atoms with E-state index in [9.17, 15) is 4.79 Å². The lowest BCUT2D eigenvalue weighted by Gasteiger charge is -2.11. The molecule has 124 valence electrons. The number of primary amides is 1. The first-order chi connectivity index (χ1) is 11.6. The third kappa shape index (κ3) is 3.94. The molecule has 0 radical (unpaired) electrons. The van der Waals surface area contributed by atoms with E-state index in [0.29, 0.717) is 13.2 Å². The summed E-state index contributed by atoms with van der Waals surface area (Å²) in [7, 11) is 0. The molecule has 0 fully saturated rings. The van der Waals surface area contributed by atoms with Crippen LogP contribution >= 0.6 is 0 Å². The van der Waals surface area contributed by atoms with Gasteiger partial charge in [0.2, 0.25) is 5.91 Å². The third-order valence-electron chi connectivity index (χ3n) is 3.96. The van der Waals surface area contributed by atoms with E-state index < -0.39 is 0 Å². The maximum atomic E-state index is 11.1. The van der Waals surface area contributed by atoms with Crippen LogP contribution in [0.15, 0.2) is 54.7 Å². The van der Waals surface area contributed by atoms with E-state index in [1.54, 1.807) is 6.92 Å². The zero-order valence-electron chi connectivity index (χ0n) is 13.6. The average Bonchev–Trinajstić information content (AvgIpc) is 3.06. The number of rotatable bonds is 7. The highest BCUT2D eigenvalue weighted by molar-refractivity contribution is 5.80. The molecule has 0 aliphatic carbocycles. The summed E-state index contributed by atoms with van der Waals surface area (Å²) in [6.07, 6.45) is 1.91. The van der Waals surface area contributed by atoms with E-state index >= 15 is 0 Å². The zero-order chi connectivity index (χ0) is 16.9. The number of benzene rings is 2. The predicted molar refractivity (Wildman–Crippen MR) is 94.6 cm³/mol. The monoisotopic (exact) mass is 323 g/mol. The number of amides is 1. The largest absolute Gasteiger partial charge is 0.489 e. The van der Waals surface area contributed by atoms with E-state index in [1.165, 1.54) is 5.39 Å². The number of nitrogens with one attached hydrogen (secondary N) is 2. The molecule has 24 heavy (non-hydrogen) atoms. The molecule has 0 aliphatic rings. The summed E-state index contributed by atoms with van der Waals surface area (Å²) in [6.45, 7) is 2.84. The quantitative estimate of drug-likeness (QED) is 0.625. The van der Waals surface area contributed by atoms with Gasteiger partial charge in [-0.05, 0) is 41.6 Å². The Balaban J connectivity index is 1.60. The molecule has 4 N–H and O–H groups in total. The van der Waals surface area contributed by atoms with Crippen LogP contribution < -0.4 is 15.8 Å². The molecule has 5 heteroatoms. The molecule has 1 atom stereocenters. The van der Waals surface area contributed by atoms with Crippen molar-refractivity contribution in [2.75, 3.05) is 0 Å². The van der Waals surface area contributed by atoms with Crippen molar-refractivity contribution in [3.8, 4) is 5.75 Å². The van der Waals surface area contributed by atoms with Crippen molar-refractivity contribution in [1.82, 2.24) is 10.3 Å². The van der Waals surface area contributed by atoms with Crippen LogP contribution in [0.4, 0.5) is 0 Å². The minimum absolute atomic E-state index is 0.350. The molecule has 0 saturated heterocycles. The maximum absolute atomic E-state index is 11.1. The van der Waals surface area contributed by atoms with Gasteiger partial charge >= 0.3 is 0 Å². The highest BCUT2D eigenvalue weighted by Gasteiger charge is 2.07. The highest BCUT2D eigenvalue weighted by Crippen LogP contribution is 2.20. The second kappa shape index (κ2) is 7.19. The van der Waals surface area contributed by atoms with Crippen LogP contribution in [0.2, 0.25) is 0 Å². The number of H-pyrrole nitrogens is 1. The first kappa shape index (κ1) is 16.1. The van der Waals surface area contributed by atoms with Gasteiger partial charge in [0.1, 0.15) is 12.4 Å². The van der Waals surface area contributed by atoms with Gasteiger partial charge in [-0.3, -0.25) is 4.79 Å². The Kier molecular flexibility index (Phi) is 4.82. The van der Waals surface area contributed by atoms with E-state index in [1.807, 2.05) is 48.7 Å². The first-order valence-electron chi connectivity index (χ1n) is 7.92. The Labute approximate surface area is 140 Å². The molecule has 1 aromatic heterocycles. The van der Waals surface area contributed by atoms with Gasteiger partial charge in [0, 0.05) is 24.3 Å². The number of carbonyl (C=O) groups excluding carboxylic acids is 1. The number of aromatic amines is 1. The topological polar surface area (TPSA) is 80.1 Å². The van der Waals surface area contributed by atoms with E-state index in [2.05, 4.69) is 16.4 Å². The van der Waals surface area contributed by atoms with Crippen molar-refractivity contribution in [3.05, 3.63) is 65.9 Å². The lowest BCUT2D eigenvalue weighted by atomic mass is 10.1. The van der Waals surface area contributed by atoms with Gasteiger partial charge in [-0.2, -0.15) is 0 Å². The second-order valence-corrected chi connectivity index (χ2v) is 5.84. The normalized spacial score (nSPS) is 12.2. The number of hydrogen-bond donors (Lipinski definition) is 3. The number of ether oxygens (including phenoxy) is 1. The molecular weight excluding hydrogens is 302 g/mol. The van der Waals surface area contributed by atoms with Crippen LogP contribution in [-0.4, -0.2) is 16.9 Å². The van der Waals surface area contributed by atoms with Crippen LogP contribution in [0.3, 0.4) is 0 Å². The summed E-state index contributed by atoms with van der Waals surface area (Å²) in [6, 6.07) is 15.8. The minimum atomic E-state index is -0.353. The molecule has 5 nitrogen and oxygen atoms in total. The zero-order valence-corrected chi connectivity index (χ0v) is 13.6. The van der Waals surface area contributed by atoms with Crippen LogP contribution in [0.5, 0.6) is 5.75 Å². The molecule has 3 aromatic rings. The maximum Gasteiger partial charge on any atom is 0.234 e. The molecule has 3 rings (SSSR count). The van der Waals surface area contributed by atoms with Crippen molar-refractivity contribution in [3.63, 3.8) is 0 Å². The second-order valence-electron chi connectivity index (χ2n) is 5.84. The van der Waals surface area contributed by atoms with Gasteiger partial charge in [0.05, 0.1) is 6.04 Å². The fraction of sp³-hybridized carbons (Fsp3) is 0.211. The Morgan fingerprint density at radius 1 is 1.21 bits per heavy atom. The van der Waals surface area contributed by atoms with Crippen LogP contribution in [-0.2, 0) is 17.9 Å². The highest BCUT2D eigenvalue weighted by atomic mass is 16.5. The van der Waals surface area contributed by atoms with Crippen molar-refractivity contribution in [2.24, 2.45) is 5.73 Å². The van der Waals surface area contributed by atoms with Crippen molar-refractivity contribution < 1.29 is 9.53 Å². The molecule has 0 unspecified atom stereocenters. The van der Waals surface area contributed by atoms with Gasteiger partial charge in [-0.1, -0.05) is 24.3 Å². The van der Waals surface area contributed by atoms with Gasteiger partial charge in [0.15, 0.2) is 0 Å². The average molecular weight is 323 g/mol. The molecule has 0 spiro atoms. The fourth-order valence-electron chi connectivity index (χ4n) is 2.48. The summed E-state index contributed by atoms with van der Waals surface area (Å²) < 4.78 is 5.87. The summed E-state index contributed by atoms with van der Waals surface area (Å²) in [4.78, 5) is 14.2. The van der Waals surface area contributed by atoms with Gasteiger partial charge < -0.3 is 20.8 Å². The SMILES string of the molecule is C[C@H](NCc1cccc(COc2ccc3cc[nH]c3c2)c1)C(N)=O. The summed E-state index contributed by atoms with van der Waals surface area (Å²) in [5.74, 6) is 0.477. The molecular formula is C19H21N3O2. The smallest absolute Gasteiger partial charge is 0.234 e. The Hall–Kier alpha value is -2.79. The van der Waals surface area contributed by atoms with Crippen molar-refractivity contribution >= 4 is 16.8 Å². The number of hydrogen-bond acceptors (Lipinski definition) is 3. The summed E-state index contributed by atoms with van der Waals surface area (Å²) in [5.41, 5.74) is 8.47. The van der Waals surface area contributed by atoms with Crippen LogP contribution in [0, 0.1) is 0 Å². The number of nitrogens with two attached hydrogens (primary N) is 1. The lowest BCUT2D eigenvalue weighted by molar-refractivity contribution is -0.119. The number of fused-ring (bicyclic) bond motifs is 1. The molecule has 0 saturated carbocycles. The first-order valence-corrected chi connectivity index (χ1v) is 7.92. The Bertz CT molecular complexity index is 841.